The third kappa shape index (κ3) is 7.20. The molecule has 1 fully saturated rings. The molecule has 1 aliphatic heterocycles. The van der Waals surface area contributed by atoms with Crippen LogP contribution in [0.4, 0.5) is 13.2 Å². The van der Waals surface area contributed by atoms with Crippen LogP contribution in [0.25, 0.3) is 10.8 Å². The van der Waals surface area contributed by atoms with E-state index in [0.29, 0.717) is 46.6 Å². The highest BCUT2D eigenvalue weighted by Gasteiger charge is 2.38. The molecule has 5 N–H and O–H groups in total. The predicted octanol–water partition coefficient (Wildman–Crippen LogP) is 3.50. The summed E-state index contributed by atoms with van der Waals surface area (Å²) in [5.74, 6) is -2.60. The molecular weight excluding hydrogens is 577 g/mol. The smallest absolute Gasteiger partial charge is 0.490 e. The summed E-state index contributed by atoms with van der Waals surface area (Å²) in [5, 5.41) is 16.4. The van der Waals surface area contributed by atoms with Gasteiger partial charge in [-0.25, -0.2) is 13.2 Å². The van der Waals surface area contributed by atoms with Crippen LogP contribution in [0.15, 0.2) is 59.5 Å². The molecular formula is C25H24ClF3N4O6S. The third-order valence-corrected chi connectivity index (χ3v) is 7.73. The minimum absolute atomic E-state index is 0.0506. The number of alkyl halides is 3. The van der Waals surface area contributed by atoms with Crippen molar-refractivity contribution in [3.63, 3.8) is 0 Å². The normalized spacial score (nSPS) is 15.5. The second-order valence-corrected chi connectivity index (χ2v) is 10.7. The summed E-state index contributed by atoms with van der Waals surface area (Å²) in [6.07, 6.45) is -4.72. The minimum atomic E-state index is -5.08. The standard InChI is InChI=1S/C23H23ClN4O4S.C2HF3O2/c1-32-20-8-5-15-12-17(6-7-18(15)21(20)24)33(30,31)27-19-9-10-28(23(19)29)13-14-3-2-4-16(11-14)22(25)26;3-2(4,5)1(6)7/h2-8,11-12,19,27H,9-10,13H2,1H3,(H3,25,26);(H,6,7)/t19-;/m0./s1. The van der Waals surface area contributed by atoms with Crippen molar-refractivity contribution >= 4 is 50.1 Å². The molecule has 0 spiro atoms. The zero-order valence-electron chi connectivity index (χ0n) is 20.8. The van der Waals surface area contributed by atoms with E-state index in [2.05, 4.69) is 4.72 Å². The van der Waals surface area contributed by atoms with Crippen LogP contribution >= 0.6 is 11.6 Å². The maximum Gasteiger partial charge on any atom is 0.490 e. The van der Waals surface area contributed by atoms with Gasteiger partial charge in [0.15, 0.2) is 0 Å². The SMILES string of the molecule is COc1ccc2cc(S(=O)(=O)N[C@H]3CCN(Cc4cccc(C(=N)N)c4)C3=O)ccc2c1Cl.O=C(O)C(F)(F)F. The number of aliphatic carboxylic acids is 1. The van der Waals surface area contributed by atoms with Gasteiger partial charge < -0.3 is 20.5 Å². The van der Waals surface area contributed by atoms with E-state index in [1.807, 2.05) is 6.07 Å². The number of carboxylic acids is 1. The molecule has 3 aromatic rings. The van der Waals surface area contributed by atoms with E-state index in [0.717, 1.165) is 5.56 Å². The molecule has 1 heterocycles. The number of fused-ring (bicyclic) bond motifs is 1. The molecule has 0 bridgehead atoms. The zero-order chi connectivity index (χ0) is 29.8. The summed E-state index contributed by atoms with van der Waals surface area (Å²) in [4.78, 5) is 23.4. The molecule has 4 rings (SSSR count). The molecule has 40 heavy (non-hydrogen) atoms. The second-order valence-electron chi connectivity index (χ2n) is 8.60. The number of hydrogen-bond donors (Lipinski definition) is 4. The van der Waals surface area contributed by atoms with Crippen LogP contribution < -0.4 is 15.2 Å². The molecule has 1 amide bonds. The Morgan fingerprint density at radius 3 is 2.50 bits per heavy atom. The van der Waals surface area contributed by atoms with Crippen molar-refractivity contribution in [3.05, 3.63) is 70.7 Å². The molecule has 214 valence electrons. The van der Waals surface area contributed by atoms with Crippen molar-refractivity contribution in [2.45, 2.75) is 30.1 Å². The first-order chi connectivity index (χ1) is 18.6. The van der Waals surface area contributed by atoms with Gasteiger partial charge >= 0.3 is 12.1 Å². The summed E-state index contributed by atoms with van der Waals surface area (Å²) in [6.45, 7) is 0.734. The lowest BCUT2D eigenvalue weighted by atomic mass is 10.1. The lowest BCUT2D eigenvalue weighted by Crippen LogP contribution is -2.41. The Balaban J connectivity index is 0.000000559. The number of nitrogens with one attached hydrogen (secondary N) is 2. The molecule has 0 saturated carbocycles. The lowest BCUT2D eigenvalue weighted by molar-refractivity contribution is -0.192. The summed E-state index contributed by atoms with van der Waals surface area (Å²) in [6, 6.07) is 14.3. The molecule has 0 aliphatic carbocycles. The van der Waals surface area contributed by atoms with Gasteiger partial charge in [0.25, 0.3) is 0 Å². The third-order valence-electron chi connectivity index (χ3n) is 5.87. The quantitative estimate of drug-likeness (QED) is 0.238. The van der Waals surface area contributed by atoms with Crippen LogP contribution in [0.1, 0.15) is 17.5 Å². The maximum atomic E-state index is 13.0. The molecule has 3 aromatic carbocycles. The summed E-state index contributed by atoms with van der Waals surface area (Å²) < 4.78 is 65.5. The summed E-state index contributed by atoms with van der Waals surface area (Å²) in [7, 11) is -2.42. The Kier molecular flexibility index (Phi) is 9.28. The Morgan fingerprint density at radius 1 is 1.23 bits per heavy atom. The number of nitrogens with two attached hydrogens (primary N) is 1. The van der Waals surface area contributed by atoms with Crippen molar-refractivity contribution in [1.82, 2.24) is 9.62 Å². The number of methoxy groups -OCH3 is 1. The first-order valence-electron chi connectivity index (χ1n) is 11.4. The van der Waals surface area contributed by atoms with Crippen molar-refractivity contribution < 1.29 is 41.0 Å². The maximum absolute atomic E-state index is 13.0. The second kappa shape index (κ2) is 12.1. The number of amidine groups is 1. The number of carbonyl (C=O) groups excluding carboxylic acids is 1. The van der Waals surface area contributed by atoms with Gasteiger partial charge in [-0.15, -0.1) is 0 Å². The minimum Gasteiger partial charge on any atom is -0.495 e. The van der Waals surface area contributed by atoms with Gasteiger partial charge in [0.2, 0.25) is 15.9 Å². The Hall–Kier alpha value is -3.88. The van der Waals surface area contributed by atoms with Gasteiger partial charge in [-0.1, -0.05) is 41.9 Å². The highest BCUT2D eigenvalue weighted by molar-refractivity contribution is 7.89. The number of sulfonamides is 1. The molecule has 0 radical (unpaired) electrons. The molecule has 10 nitrogen and oxygen atoms in total. The Labute approximate surface area is 232 Å². The number of likely N-dealkylation sites (tertiary alicyclic amines) is 1. The van der Waals surface area contributed by atoms with E-state index >= 15 is 0 Å². The number of nitrogen functional groups attached to an aromatic ring is 1. The van der Waals surface area contributed by atoms with Crippen molar-refractivity contribution in [2.24, 2.45) is 5.73 Å². The molecule has 15 heteroatoms. The topological polar surface area (TPSA) is 163 Å². The Morgan fingerprint density at radius 2 is 1.90 bits per heavy atom. The number of hydrogen-bond acceptors (Lipinski definition) is 6. The lowest BCUT2D eigenvalue weighted by Gasteiger charge is -2.18. The molecule has 1 aliphatic rings. The van der Waals surface area contributed by atoms with Gasteiger partial charge in [0, 0.05) is 24.0 Å². The van der Waals surface area contributed by atoms with Crippen LogP contribution in [0, 0.1) is 5.41 Å². The number of halogens is 4. The largest absolute Gasteiger partial charge is 0.495 e. The first-order valence-corrected chi connectivity index (χ1v) is 13.3. The molecule has 0 unspecified atom stereocenters. The van der Waals surface area contributed by atoms with E-state index in [-0.39, 0.29) is 16.6 Å². The highest BCUT2D eigenvalue weighted by Crippen LogP contribution is 2.33. The van der Waals surface area contributed by atoms with E-state index in [1.54, 1.807) is 41.3 Å². The van der Waals surface area contributed by atoms with Crippen molar-refractivity contribution in [1.29, 1.82) is 5.41 Å². The van der Waals surface area contributed by atoms with Gasteiger partial charge in [-0.3, -0.25) is 10.2 Å². The number of rotatable bonds is 7. The van der Waals surface area contributed by atoms with Crippen LogP contribution in [-0.4, -0.2) is 62.0 Å². The predicted molar refractivity (Wildman–Crippen MR) is 141 cm³/mol. The number of benzene rings is 3. The summed E-state index contributed by atoms with van der Waals surface area (Å²) >= 11 is 6.32. The van der Waals surface area contributed by atoms with Crippen LogP contribution in [0.5, 0.6) is 5.75 Å². The fraction of sp³-hybridized carbons (Fsp3) is 0.240. The van der Waals surface area contributed by atoms with E-state index < -0.39 is 28.2 Å². The fourth-order valence-electron chi connectivity index (χ4n) is 3.89. The average Bonchev–Trinajstić information content (AvgIpc) is 3.22. The van der Waals surface area contributed by atoms with Gasteiger partial charge in [0.1, 0.15) is 17.6 Å². The van der Waals surface area contributed by atoms with Gasteiger partial charge in [-0.05, 0) is 41.6 Å². The number of ether oxygens (including phenoxy) is 1. The highest BCUT2D eigenvalue weighted by atomic mass is 35.5. The molecule has 1 saturated heterocycles. The van der Waals surface area contributed by atoms with E-state index in [4.69, 9.17) is 37.4 Å². The number of nitrogens with zero attached hydrogens (tertiary/aromatic N) is 1. The first kappa shape index (κ1) is 30.7. The van der Waals surface area contributed by atoms with Crippen LogP contribution in [0.3, 0.4) is 0 Å². The van der Waals surface area contributed by atoms with E-state index in [1.165, 1.54) is 19.2 Å². The van der Waals surface area contributed by atoms with Crippen molar-refractivity contribution in [2.75, 3.05) is 13.7 Å². The van der Waals surface area contributed by atoms with Gasteiger partial charge in [0.05, 0.1) is 17.0 Å². The molecule has 1 atom stereocenters. The number of carbonyl (C=O) groups is 2. The Bertz CT molecular complexity index is 1570. The van der Waals surface area contributed by atoms with Crippen LogP contribution in [-0.2, 0) is 26.2 Å². The number of amides is 1. The number of carboxylic acid groups (broad SMARTS) is 1. The zero-order valence-corrected chi connectivity index (χ0v) is 22.4. The van der Waals surface area contributed by atoms with Crippen molar-refractivity contribution in [3.8, 4) is 5.75 Å². The monoisotopic (exact) mass is 600 g/mol. The van der Waals surface area contributed by atoms with Crippen LogP contribution in [0.2, 0.25) is 5.02 Å². The average molecular weight is 601 g/mol. The molecule has 0 aromatic heterocycles. The fourth-order valence-corrected chi connectivity index (χ4v) is 5.46. The summed E-state index contributed by atoms with van der Waals surface area (Å²) in [5.41, 5.74) is 6.93. The van der Waals surface area contributed by atoms with Gasteiger partial charge in [-0.2, -0.15) is 17.9 Å². The van der Waals surface area contributed by atoms with E-state index in [9.17, 15) is 26.4 Å².